The van der Waals surface area contributed by atoms with Crippen LogP contribution in [0.1, 0.15) is 19.8 Å². The number of carbonyl (C=O) groups excluding carboxylic acids is 1. The molecule has 2 N–H and O–H groups in total. The summed E-state index contributed by atoms with van der Waals surface area (Å²) in [5, 5.41) is 16.3. The van der Waals surface area contributed by atoms with E-state index in [2.05, 4.69) is 10.6 Å². The van der Waals surface area contributed by atoms with Crippen LogP contribution in [-0.2, 0) is 4.74 Å². The lowest BCUT2D eigenvalue weighted by atomic mass is 10.1. The fourth-order valence-corrected chi connectivity index (χ4v) is 2.35. The number of rotatable bonds is 5. The number of nitro benzene ring substituents is 1. The molecule has 0 aliphatic carbocycles. The first kappa shape index (κ1) is 16.0. The highest BCUT2D eigenvalue weighted by Crippen LogP contribution is 2.28. The summed E-state index contributed by atoms with van der Waals surface area (Å²) in [4.78, 5) is 22.5. The maximum atomic E-state index is 12.0. The molecule has 0 bridgehead atoms. The van der Waals surface area contributed by atoms with Crippen molar-refractivity contribution in [1.82, 2.24) is 5.32 Å². The summed E-state index contributed by atoms with van der Waals surface area (Å²) in [6, 6.07) is 3.58. The monoisotopic (exact) mass is 309 g/mol. The normalized spacial score (nSPS) is 18.5. The lowest BCUT2D eigenvalue weighted by molar-refractivity contribution is -0.384. The van der Waals surface area contributed by atoms with Crippen LogP contribution in [0.25, 0.3) is 0 Å². The zero-order chi connectivity index (χ0) is 16.1. The lowest BCUT2D eigenvalue weighted by Crippen LogP contribution is -2.43. The van der Waals surface area contributed by atoms with Crippen molar-refractivity contribution in [3.63, 3.8) is 0 Å². The second-order valence-electron chi connectivity index (χ2n) is 5.08. The number of hydrogen-bond acceptors (Lipinski definition) is 5. The maximum absolute atomic E-state index is 12.0. The Morgan fingerprint density at radius 2 is 2.32 bits per heavy atom. The summed E-state index contributed by atoms with van der Waals surface area (Å²) >= 11 is 0. The van der Waals surface area contributed by atoms with Gasteiger partial charge in [-0.15, -0.1) is 0 Å². The predicted octanol–water partition coefficient (Wildman–Crippen LogP) is 2.29. The van der Waals surface area contributed by atoms with Gasteiger partial charge < -0.3 is 20.1 Å². The smallest absolute Gasteiger partial charge is 0.319 e. The standard InChI is InChI=1S/C14H19N3O5/c1-9(13-4-3-7-22-13)15-14(18)16-11-6-5-10(21-2)8-12(11)17(19)20/h5-6,8-9,13H,3-4,7H2,1-2H3,(H2,15,16,18)/t9-,13-/m0/s1. The van der Waals surface area contributed by atoms with Gasteiger partial charge in [0.15, 0.2) is 0 Å². The van der Waals surface area contributed by atoms with Gasteiger partial charge in [-0.1, -0.05) is 0 Å². The van der Waals surface area contributed by atoms with Gasteiger partial charge in [0.25, 0.3) is 5.69 Å². The van der Waals surface area contributed by atoms with E-state index >= 15 is 0 Å². The zero-order valence-corrected chi connectivity index (χ0v) is 12.5. The van der Waals surface area contributed by atoms with Crippen molar-refractivity contribution in [3.8, 4) is 5.75 Å². The van der Waals surface area contributed by atoms with Crippen LogP contribution in [0, 0.1) is 10.1 Å². The highest BCUT2D eigenvalue weighted by molar-refractivity contribution is 5.92. The van der Waals surface area contributed by atoms with Crippen molar-refractivity contribution >= 4 is 17.4 Å². The van der Waals surface area contributed by atoms with Crippen molar-refractivity contribution in [3.05, 3.63) is 28.3 Å². The summed E-state index contributed by atoms with van der Waals surface area (Å²) in [5.74, 6) is 0.352. The molecular weight excluding hydrogens is 290 g/mol. The van der Waals surface area contributed by atoms with E-state index < -0.39 is 11.0 Å². The van der Waals surface area contributed by atoms with Crippen LogP contribution in [0.4, 0.5) is 16.2 Å². The first-order valence-corrected chi connectivity index (χ1v) is 7.03. The van der Waals surface area contributed by atoms with Crippen LogP contribution in [0.3, 0.4) is 0 Å². The number of methoxy groups -OCH3 is 1. The van der Waals surface area contributed by atoms with Crippen LogP contribution in [0.2, 0.25) is 0 Å². The first-order valence-electron chi connectivity index (χ1n) is 7.03. The lowest BCUT2D eigenvalue weighted by Gasteiger charge is -2.20. The Morgan fingerprint density at radius 1 is 1.55 bits per heavy atom. The van der Waals surface area contributed by atoms with E-state index in [0.29, 0.717) is 12.4 Å². The number of ether oxygens (including phenoxy) is 2. The number of benzene rings is 1. The van der Waals surface area contributed by atoms with Crippen LogP contribution in [-0.4, -0.2) is 36.8 Å². The van der Waals surface area contributed by atoms with E-state index in [4.69, 9.17) is 9.47 Å². The van der Waals surface area contributed by atoms with Gasteiger partial charge in [0.2, 0.25) is 0 Å². The highest BCUT2D eigenvalue weighted by atomic mass is 16.6. The van der Waals surface area contributed by atoms with Gasteiger partial charge in [-0.3, -0.25) is 10.1 Å². The SMILES string of the molecule is COc1ccc(NC(=O)N[C@@H](C)[C@@H]2CCCO2)c([N+](=O)[O-])c1. The summed E-state index contributed by atoms with van der Waals surface area (Å²) in [6.07, 6.45) is 1.85. The molecule has 2 rings (SSSR count). The number of nitrogens with one attached hydrogen (secondary N) is 2. The van der Waals surface area contributed by atoms with Crippen LogP contribution >= 0.6 is 0 Å². The third-order valence-corrected chi connectivity index (χ3v) is 3.53. The van der Waals surface area contributed by atoms with Gasteiger partial charge in [-0.05, 0) is 31.9 Å². The Labute approximate surface area is 127 Å². The van der Waals surface area contributed by atoms with Crippen molar-refractivity contribution < 1.29 is 19.2 Å². The molecule has 2 atom stereocenters. The molecule has 0 saturated carbocycles. The maximum Gasteiger partial charge on any atom is 0.319 e. The summed E-state index contributed by atoms with van der Waals surface area (Å²) in [6.45, 7) is 2.54. The molecule has 1 saturated heterocycles. The van der Waals surface area contributed by atoms with E-state index in [1.165, 1.54) is 19.2 Å². The van der Waals surface area contributed by atoms with E-state index in [-0.39, 0.29) is 23.5 Å². The molecule has 1 aliphatic rings. The third-order valence-electron chi connectivity index (χ3n) is 3.53. The number of amides is 2. The Hall–Kier alpha value is -2.35. The minimum absolute atomic E-state index is 0.0170. The van der Waals surface area contributed by atoms with Crippen LogP contribution in [0.5, 0.6) is 5.75 Å². The van der Waals surface area contributed by atoms with Gasteiger partial charge in [0, 0.05) is 6.61 Å². The molecule has 0 aromatic heterocycles. The summed E-state index contributed by atoms with van der Waals surface area (Å²) in [7, 11) is 1.42. The number of carbonyl (C=O) groups is 1. The first-order chi connectivity index (χ1) is 10.5. The highest BCUT2D eigenvalue weighted by Gasteiger charge is 2.24. The summed E-state index contributed by atoms with van der Waals surface area (Å²) in [5.41, 5.74) is -0.109. The van der Waals surface area contributed by atoms with Crippen LogP contribution < -0.4 is 15.4 Å². The topological polar surface area (TPSA) is 103 Å². The van der Waals surface area contributed by atoms with Crippen molar-refractivity contribution in [1.29, 1.82) is 0 Å². The van der Waals surface area contributed by atoms with Crippen molar-refractivity contribution in [2.24, 2.45) is 0 Å². The minimum atomic E-state index is -0.568. The molecule has 1 heterocycles. The molecule has 2 amide bonds. The average Bonchev–Trinajstić information content (AvgIpc) is 3.01. The largest absolute Gasteiger partial charge is 0.496 e. The average molecular weight is 309 g/mol. The molecule has 22 heavy (non-hydrogen) atoms. The van der Waals surface area contributed by atoms with Gasteiger partial charge >= 0.3 is 6.03 Å². The van der Waals surface area contributed by atoms with Gasteiger partial charge in [-0.25, -0.2) is 4.79 Å². The summed E-state index contributed by atoms with van der Waals surface area (Å²) < 4.78 is 10.4. The van der Waals surface area contributed by atoms with Gasteiger partial charge in [-0.2, -0.15) is 0 Å². The van der Waals surface area contributed by atoms with Crippen molar-refractivity contribution in [2.45, 2.75) is 31.9 Å². The minimum Gasteiger partial charge on any atom is -0.496 e. The number of nitro groups is 1. The second kappa shape index (κ2) is 7.08. The molecule has 120 valence electrons. The fraction of sp³-hybridized carbons (Fsp3) is 0.500. The van der Waals surface area contributed by atoms with Crippen molar-refractivity contribution in [2.75, 3.05) is 19.0 Å². The molecule has 1 aromatic carbocycles. The van der Waals surface area contributed by atoms with Crippen LogP contribution in [0.15, 0.2) is 18.2 Å². The number of anilines is 1. The molecule has 8 heteroatoms. The molecule has 0 radical (unpaired) electrons. The second-order valence-corrected chi connectivity index (χ2v) is 5.08. The molecule has 1 aromatic rings. The number of hydrogen-bond donors (Lipinski definition) is 2. The Morgan fingerprint density at radius 3 is 2.91 bits per heavy atom. The van der Waals surface area contributed by atoms with Gasteiger partial charge in [0.1, 0.15) is 11.4 Å². The number of urea groups is 1. The van der Waals surface area contributed by atoms with E-state index in [1.807, 2.05) is 6.92 Å². The number of nitrogens with zero attached hydrogens (tertiary/aromatic N) is 1. The fourth-order valence-electron chi connectivity index (χ4n) is 2.35. The Bertz CT molecular complexity index is 557. The molecule has 1 fully saturated rings. The van der Waals surface area contributed by atoms with E-state index in [9.17, 15) is 14.9 Å². The molecular formula is C14H19N3O5. The molecule has 0 unspecified atom stereocenters. The predicted molar refractivity (Wildman–Crippen MR) is 80.2 cm³/mol. The quantitative estimate of drug-likeness (QED) is 0.641. The zero-order valence-electron chi connectivity index (χ0n) is 12.5. The Balaban J connectivity index is 2.02. The molecule has 1 aliphatic heterocycles. The molecule has 0 spiro atoms. The molecule has 8 nitrogen and oxygen atoms in total. The Kier molecular flexibility index (Phi) is 5.16. The van der Waals surface area contributed by atoms with Gasteiger partial charge in [0.05, 0.1) is 30.2 Å². The van der Waals surface area contributed by atoms with E-state index in [0.717, 1.165) is 12.8 Å². The van der Waals surface area contributed by atoms with E-state index in [1.54, 1.807) is 6.07 Å². The third kappa shape index (κ3) is 3.85.